The second-order valence-corrected chi connectivity index (χ2v) is 3.81. The summed E-state index contributed by atoms with van der Waals surface area (Å²) in [5.74, 6) is 0.947. The third-order valence-corrected chi connectivity index (χ3v) is 2.33. The van der Waals surface area contributed by atoms with Gasteiger partial charge in [-0.2, -0.15) is 0 Å². The topological polar surface area (TPSA) is 21.3 Å². The van der Waals surface area contributed by atoms with Gasteiger partial charge in [0.1, 0.15) is 12.4 Å². The minimum Gasteiger partial charge on any atom is -0.492 e. The van der Waals surface area contributed by atoms with Gasteiger partial charge in [0.2, 0.25) is 0 Å². The molecule has 0 amide bonds. The maximum atomic E-state index is 5.57. The average molecular weight is 207 g/mol. The molecule has 84 valence electrons. The van der Waals surface area contributed by atoms with Crippen molar-refractivity contribution in [2.24, 2.45) is 0 Å². The first-order chi connectivity index (χ1) is 7.33. The van der Waals surface area contributed by atoms with Crippen LogP contribution in [0.25, 0.3) is 0 Å². The molecular formula is C13H21NO. The van der Waals surface area contributed by atoms with E-state index < -0.39 is 0 Å². The lowest BCUT2D eigenvalue weighted by Gasteiger charge is -2.12. The molecule has 0 bridgehead atoms. The highest BCUT2D eigenvalue weighted by Gasteiger charge is 1.98. The van der Waals surface area contributed by atoms with Crippen LogP contribution in [0.3, 0.4) is 0 Å². The second kappa shape index (κ2) is 7.30. The standard InChI is InChI=1S/C13H21NO/c1-3-7-12(2)14-10-11-15-13-8-5-4-6-9-13/h4-6,8-9,12,14H,3,7,10-11H2,1-2H3. The van der Waals surface area contributed by atoms with Crippen molar-refractivity contribution in [1.82, 2.24) is 5.32 Å². The Balaban J connectivity index is 2.07. The van der Waals surface area contributed by atoms with E-state index in [-0.39, 0.29) is 0 Å². The van der Waals surface area contributed by atoms with Crippen molar-refractivity contribution in [1.29, 1.82) is 0 Å². The number of rotatable bonds is 7. The molecule has 0 spiro atoms. The molecule has 0 aliphatic rings. The summed E-state index contributed by atoms with van der Waals surface area (Å²) in [5, 5.41) is 3.43. The number of ether oxygens (including phenoxy) is 1. The van der Waals surface area contributed by atoms with Crippen LogP contribution in [0.2, 0.25) is 0 Å². The molecule has 1 unspecified atom stereocenters. The van der Waals surface area contributed by atoms with Gasteiger partial charge in [0.25, 0.3) is 0 Å². The van der Waals surface area contributed by atoms with Gasteiger partial charge in [0.05, 0.1) is 0 Å². The van der Waals surface area contributed by atoms with E-state index in [0.29, 0.717) is 6.04 Å². The smallest absolute Gasteiger partial charge is 0.119 e. The fourth-order valence-corrected chi connectivity index (χ4v) is 1.53. The largest absolute Gasteiger partial charge is 0.492 e. The highest BCUT2D eigenvalue weighted by molar-refractivity contribution is 5.20. The minimum absolute atomic E-state index is 0.592. The number of nitrogens with one attached hydrogen (secondary N) is 1. The molecule has 0 heterocycles. The maximum absolute atomic E-state index is 5.57. The van der Waals surface area contributed by atoms with Crippen molar-refractivity contribution in [2.75, 3.05) is 13.2 Å². The van der Waals surface area contributed by atoms with Crippen LogP contribution in [-0.2, 0) is 0 Å². The van der Waals surface area contributed by atoms with Gasteiger partial charge in [-0.05, 0) is 25.5 Å². The first kappa shape index (κ1) is 12.1. The Kier molecular flexibility index (Phi) is 5.86. The number of hydrogen-bond acceptors (Lipinski definition) is 2. The quantitative estimate of drug-likeness (QED) is 0.694. The third kappa shape index (κ3) is 5.43. The molecule has 0 radical (unpaired) electrons. The van der Waals surface area contributed by atoms with Gasteiger partial charge in [0, 0.05) is 12.6 Å². The van der Waals surface area contributed by atoms with Gasteiger partial charge in [-0.3, -0.25) is 0 Å². The predicted molar refractivity (Wildman–Crippen MR) is 64.3 cm³/mol. The van der Waals surface area contributed by atoms with Gasteiger partial charge in [-0.15, -0.1) is 0 Å². The van der Waals surface area contributed by atoms with E-state index in [4.69, 9.17) is 4.74 Å². The zero-order valence-corrected chi connectivity index (χ0v) is 9.70. The zero-order valence-electron chi connectivity index (χ0n) is 9.70. The lowest BCUT2D eigenvalue weighted by Crippen LogP contribution is -2.29. The second-order valence-electron chi connectivity index (χ2n) is 3.81. The van der Waals surface area contributed by atoms with Crippen LogP contribution in [0.5, 0.6) is 5.75 Å². The molecular weight excluding hydrogens is 186 g/mol. The van der Waals surface area contributed by atoms with Crippen LogP contribution in [0.1, 0.15) is 26.7 Å². The van der Waals surface area contributed by atoms with E-state index >= 15 is 0 Å². The van der Waals surface area contributed by atoms with Crippen molar-refractivity contribution in [2.45, 2.75) is 32.7 Å². The van der Waals surface area contributed by atoms with Gasteiger partial charge in [-0.25, -0.2) is 0 Å². The summed E-state index contributed by atoms with van der Waals surface area (Å²) in [4.78, 5) is 0. The Morgan fingerprint density at radius 1 is 1.27 bits per heavy atom. The molecule has 0 aromatic heterocycles. The Morgan fingerprint density at radius 2 is 2.00 bits per heavy atom. The van der Waals surface area contributed by atoms with Crippen LogP contribution >= 0.6 is 0 Å². The molecule has 0 aliphatic carbocycles. The van der Waals surface area contributed by atoms with E-state index in [9.17, 15) is 0 Å². The lowest BCUT2D eigenvalue weighted by molar-refractivity contribution is 0.305. The average Bonchev–Trinajstić information content (AvgIpc) is 2.26. The Morgan fingerprint density at radius 3 is 2.67 bits per heavy atom. The highest BCUT2D eigenvalue weighted by Crippen LogP contribution is 2.07. The minimum atomic E-state index is 0.592. The summed E-state index contributed by atoms with van der Waals surface area (Å²) >= 11 is 0. The van der Waals surface area contributed by atoms with Crippen LogP contribution < -0.4 is 10.1 Å². The number of para-hydroxylation sites is 1. The molecule has 0 saturated heterocycles. The van der Waals surface area contributed by atoms with Crippen molar-refractivity contribution in [3.05, 3.63) is 30.3 Å². The molecule has 1 atom stereocenters. The van der Waals surface area contributed by atoms with Crippen molar-refractivity contribution in [3.8, 4) is 5.75 Å². The maximum Gasteiger partial charge on any atom is 0.119 e. The molecule has 2 nitrogen and oxygen atoms in total. The normalized spacial score (nSPS) is 12.4. The van der Waals surface area contributed by atoms with Gasteiger partial charge in [0.15, 0.2) is 0 Å². The zero-order chi connectivity index (χ0) is 10.9. The monoisotopic (exact) mass is 207 g/mol. The molecule has 2 heteroatoms. The fraction of sp³-hybridized carbons (Fsp3) is 0.538. The van der Waals surface area contributed by atoms with E-state index in [0.717, 1.165) is 18.9 Å². The van der Waals surface area contributed by atoms with E-state index in [2.05, 4.69) is 19.2 Å². The summed E-state index contributed by atoms with van der Waals surface area (Å²) in [5.41, 5.74) is 0. The predicted octanol–water partition coefficient (Wildman–Crippen LogP) is 2.84. The Labute approximate surface area is 92.6 Å². The third-order valence-electron chi connectivity index (χ3n) is 2.33. The van der Waals surface area contributed by atoms with Crippen LogP contribution in [0.15, 0.2) is 30.3 Å². The molecule has 1 aromatic rings. The molecule has 0 fully saturated rings. The molecule has 0 aliphatic heterocycles. The summed E-state index contributed by atoms with van der Waals surface area (Å²) < 4.78 is 5.57. The van der Waals surface area contributed by atoms with E-state index in [1.807, 2.05) is 30.3 Å². The summed E-state index contributed by atoms with van der Waals surface area (Å²) in [6.45, 7) is 6.07. The highest BCUT2D eigenvalue weighted by atomic mass is 16.5. The van der Waals surface area contributed by atoms with Crippen molar-refractivity contribution >= 4 is 0 Å². The Hall–Kier alpha value is -1.02. The number of benzene rings is 1. The lowest BCUT2D eigenvalue weighted by atomic mass is 10.2. The van der Waals surface area contributed by atoms with E-state index in [1.165, 1.54) is 12.8 Å². The van der Waals surface area contributed by atoms with Crippen LogP contribution in [-0.4, -0.2) is 19.2 Å². The molecule has 0 saturated carbocycles. The first-order valence-corrected chi connectivity index (χ1v) is 5.74. The van der Waals surface area contributed by atoms with Gasteiger partial charge < -0.3 is 10.1 Å². The SMILES string of the molecule is CCCC(C)NCCOc1ccccc1. The Bertz CT molecular complexity index is 248. The summed E-state index contributed by atoms with van der Waals surface area (Å²) in [7, 11) is 0. The van der Waals surface area contributed by atoms with E-state index in [1.54, 1.807) is 0 Å². The van der Waals surface area contributed by atoms with Crippen LogP contribution in [0.4, 0.5) is 0 Å². The molecule has 1 N–H and O–H groups in total. The van der Waals surface area contributed by atoms with Crippen molar-refractivity contribution in [3.63, 3.8) is 0 Å². The first-order valence-electron chi connectivity index (χ1n) is 5.74. The van der Waals surface area contributed by atoms with Gasteiger partial charge >= 0.3 is 0 Å². The summed E-state index contributed by atoms with van der Waals surface area (Å²) in [6.07, 6.45) is 2.46. The number of hydrogen-bond donors (Lipinski definition) is 1. The molecule has 1 rings (SSSR count). The summed E-state index contributed by atoms with van der Waals surface area (Å²) in [6, 6.07) is 10.5. The molecule has 15 heavy (non-hydrogen) atoms. The fourth-order valence-electron chi connectivity index (χ4n) is 1.53. The van der Waals surface area contributed by atoms with Gasteiger partial charge in [-0.1, -0.05) is 31.5 Å². The van der Waals surface area contributed by atoms with Crippen molar-refractivity contribution < 1.29 is 4.74 Å². The van der Waals surface area contributed by atoms with Crippen LogP contribution in [0, 0.1) is 0 Å². The molecule has 1 aromatic carbocycles.